The maximum absolute atomic E-state index is 5.41. The second-order valence-corrected chi connectivity index (χ2v) is 16.7. The summed E-state index contributed by atoms with van der Waals surface area (Å²) in [7, 11) is 0. The van der Waals surface area contributed by atoms with Gasteiger partial charge in [0.05, 0.1) is 11.0 Å². The minimum atomic E-state index is 0.577. The zero-order chi connectivity index (χ0) is 41.3. The van der Waals surface area contributed by atoms with E-state index in [2.05, 4.69) is 199 Å². The van der Waals surface area contributed by atoms with Gasteiger partial charge in [0, 0.05) is 47.6 Å². The lowest BCUT2D eigenvalue weighted by molar-refractivity contribution is 0.954. The fraction of sp³-hybridized carbons (Fsp3) is 0.0351. The molecule has 62 heavy (non-hydrogen) atoms. The molecule has 292 valence electrons. The summed E-state index contributed by atoms with van der Waals surface area (Å²) in [6, 6.07) is 69.8. The molecular formula is C57H38N4S. The normalized spacial score (nSPS) is 11.7. The highest BCUT2D eigenvalue weighted by atomic mass is 32.1. The Morgan fingerprint density at radius 1 is 0.371 bits per heavy atom. The predicted molar refractivity (Wildman–Crippen MR) is 265 cm³/mol. The summed E-state index contributed by atoms with van der Waals surface area (Å²) in [6.07, 6.45) is 0. The molecule has 0 bridgehead atoms. The minimum absolute atomic E-state index is 0.577. The molecule has 13 aromatic rings. The number of benzene rings is 10. The van der Waals surface area contributed by atoms with Crippen molar-refractivity contribution in [3.63, 3.8) is 0 Å². The summed E-state index contributed by atoms with van der Waals surface area (Å²) in [5, 5.41) is 14.5. The lowest BCUT2D eigenvalue weighted by Crippen LogP contribution is -2.07. The van der Waals surface area contributed by atoms with Crippen molar-refractivity contribution < 1.29 is 0 Å². The van der Waals surface area contributed by atoms with Crippen LogP contribution < -0.4 is 0 Å². The van der Waals surface area contributed by atoms with Gasteiger partial charge in [-0.05, 0) is 79.0 Å². The Morgan fingerprint density at radius 2 is 0.903 bits per heavy atom. The van der Waals surface area contributed by atoms with Gasteiger partial charge in [-0.15, -0.1) is 11.3 Å². The average Bonchev–Trinajstić information content (AvgIpc) is 3.90. The van der Waals surface area contributed by atoms with Gasteiger partial charge >= 0.3 is 0 Å². The Morgan fingerprint density at radius 3 is 1.56 bits per heavy atom. The van der Waals surface area contributed by atoms with Crippen LogP contribution in [0, 0.1) is 0 Å². The van der Waals surface area contributed by atoms with Crippen molar-refractivity contribution in [1.29, 1.82) is 0 Å². The highest BCUT2D eigenvalue weighted by Gasteiger charge is 2.22. The first kappa shape index (κ1) is 36.1. The number of hydrogen-bond donors (Lipinski definition) is 0. The molecule has 0 saturated carbocycles. The van der Waals surface area contributed by atoms with Crippen LogP contribution in [-0.4, -0.2) is 19.5 Å². The smallest absolute Gasteiger partial charge is 0.238 e. The third-order valence-corrected chi connectivity index (χ3v) is 13.3. The molecule has 3 heterocycles. The molecule has 0 saturated heterocycles. The number of para-hydroxylation sites is 1. The van der Waals surface area contributed by atoms with Crippen LogP contribution in [0.3, 0.4) is 0 Å². The standard InChI is InChI=1S/C55H32N4S.C2H6/c1-3-14-37-30-40(22-20-33(37)10-1)53-56-54(41-23-21-34-11-2-4-15-38(34)31-41)58-55(57-53)59-47-28-25-35-12-5-7-16-42(35)50(47)46-19-9-18-44(52(46)59)39-24-27-45-49(32-39)60-48-29-26-36-13-6-8-17-43(36)51(45)48;1-2/h1-32H;1-2H3. The third kappa shape index (κ3) is 5.70. The van der Waals surface area contributed by atoms with Gasteiger partial charge in [0.2, 0.25) is 5.95 Å². The van der Waals surface area contributed by atoms with Gasteiger partial charge in [-0.1, -0.05) is 178 Å². The number of nitrogens with zero attached hydrogens (tertiary/aromatic N) is 4. The van der Waals surface area contributed by atoms with Crippen LogP contribution in [0.2, 0.25) is 0 Å². The van der Waals surface area contributed by atoms with Crippen molar-refractivity contribution in [3.05, 3.63) is 194 Å². The number of rotatable bonds is 4. The highest BCUT2D eigenvalue weighted by molar-refractivity contribution is 7.26. The molecule has 10 aromatic carbocycles. The van der Waals surface area contributed by atoms with Gasteiger partial charge in [0.1, 0.15) is 0 Å². The third-order valence-electron chi connectivity index (χ3n) is 12.2. The first-order valence-electron chi connectivity index (χ1n) is 21.3. The van der Waals surface area contributed by atoms with E-state index in [1.807, 2.05) is 25.2 Å². The molecule has 3 aromatic heterocycles. The van der Waals surface area contributed by atoms with Crippen LogP contribution in [0.15, 0.2) is 194 Å². The predicted octanol–water partition coefficient (Wildman–Crippen LogP) is 16.0. The molecular weight excluding hydrogens is 773 g/mol. The number of aromatic nitrogens is 4. The average molecular weight is 811 g/mol. The van der Waals surface area contributed by atoms with E-state index in [1.54, 1.807) is 0 Å². The first-order valence-corrected chi connectivity index (χ1v) is 22.1. The molecule has 0 aliphatic carbocycles. The van der Waals surface area contributed by atoms with Gasteiger partial charge in [0.15, 0.2) is 11.6 Å². The van der Waals surface area contributed by atoms with E-state index in [4.69, 9.17) is 15.0 Å². The molecule has 13 rings (SSSR count). The van der Waals surface area contributed by atoms with Crippen LogP contribution in [0.1, 0.15) is 13.8 Å². The van der Waals surface area contributed by atoms with Crippen LogP contribution >= 0.6 is 11.3 Å². The molecule has 0 amide bonds. The van der Waals surface area contributed by atoms with Crippen molar-refractivity contribution in [1.82, 2.24) is 19.5 Å². The lowest BCUT2D eigenvalue weighted by Gasteiger charge is -2.13. The maximum atomic E-state index is 5.41. The summed E-state index contributed by atoms with van der Waals surface area (Å²) in [5.41, 5.74) is 6.26. The second-order valence-electron chi connectivity index (χ2n) is 15.6. The van der Waals surface area contributed by atoms with Crippen molar-refractivity contribution in [2.75, 3.05) is 0 Å². The van der Waals surface area contributed by atoms with Gasteiger partial charge in [-0.3, -0.25) is 4.57 Å². The summed E-state index contributed by atoms with van der Waals surface area (Å²) < 4.78 is 4.85. The van der Waals surface area contributed by atoms with Crippen molar-refractivity contribution >= 4 is 96.4 Å². The zero-order valence-corrected chi connectivity index (χ0v) is 35.0. The molecule has 0 aliphatic heterocycles. The van der Waals surface area contributed by atoms with E-state index in [1.165, 1.54) is 57.9 Å². The van der Waals surface area contributed by atoms with Crippen molar-refractivity contribution in [2.24, 2.45) is 0 Å². The fourth-order valence-electron chi connectivity index (χ4n) is 9.37. The molecule has 5 heteroatoms. The summed E-state index contributed by atoms with van der Waals surface area (Å²) in [6.45, 7) is 4.00. The molecule has 0 spiro atoms. The lowest BCUT2D eigenvalue weighted by atomic mass is 9.98. The zero-order valence-electron chi connectivity index (χ0n) is 34.2. The Labute approximate surface area is 362 Å². The Hall–Kier alpha value is -7.73. The van der Waals surface area contributed by atoms with E-state index in [0.29, 0.717) is 17.6 Å². The van der Waals surface area contributed by atoms with E-state index in [9.17, 15) is 0 Å². The monoisotopic (exact) mass is 810 g/mol. The molecule has 0 unspecified atom stereocenters. The van der Waals surface area contributed by atoms with Crippen molar-refractivity contribution in [2.45, 2.75) is 13.8 Å². The Balaban J connectivity index is 0.00000202. The molecule has 0 radical (unpaired) electrons. The largest absolute Gasteiger partial charge is 0.277 e. The minimum Gasteiger partial charge on any atom is -0.277 e. The topological polar surface area (TPSA) is 43.6 Å². The van der Waals surface area contributed by atoms with Gasteiger partial charge in [-0.25, -0.2) is 4.98 Å². The number of hydrogen-bond acceptors (Lipinski definition) is 4. The van der Waals surface area contributed by atoms with Crippen LogP contribution in [0.4, 0.5) is 0 Å². The summed E-state index contributed by atoms with van der Waals surface area (Å²) >= 11 is 1.86. The number of fused-ring (bicyclic) bond motifs is 12. The Kier molecular flexibility index (Phi) is 8.44. The van der Waals surface area contributed by atoms with Crippen LogP contribution in [0.25, 0.3) is 125 Å². The maximum Gasteiger partial charge on any atom is 0.238 e. The second kappa shape index (κ2) is 14.5. The molecule has 0 aliphatic rings. The quantitative estimate of drug-likeness (QED) is 0.178. The van der Waals surface area contributed by atoms with Crippen LogP contribution in [-0.2, 0) is 0 Å². The Bertz CT molecular complexity index is 3820. The first-order chi connectivity index (χ1) is 30.7. The molecule has 0 fully saturated rings. The molecule has 0 atom stereocenters. The van der Waals surface area contributed by atoms with Crippen molar-refractivity contribution in [3.8, 4) is 39.9 Å². The van der Waals surface area contributed by atoms with E-state index >= 15 is 0 Å². The SMILES string of the molecule is CC.c1ccc2cc(-c3nc(-c4ccc5ccccc5c4)nc(-n4c5ccc6ccccc6c5c5cccc(-c6ccc7c(c6)sc6ccc8ccccc8c67)c54)n3)ccc2c1. The van der Waals surface area contributed by atoms with E-state index in [0.717, 1.165) is 49.4 Å². The van der Waals surface area contributed by atoms with Crippen LogP contribution in [0.5, 0.6) is 0 Å². The van der Waals surface area contributed by atoms with Gasteiger partial charge < -0.3 is 0 Å². The van der Waals surface area contributed by atoms with Gasteiger partial charge in [-0.2, -0.15) is 9.97 Å². The molecule has 0 N–H and O–H groups in total. The molecule has 4 nitrogen and oxygen atoms in total. The number of thiophene rings is 1. The van der Waals surface area contributed by atoms with E-state index in [-0.39, 0.29) is 0 Å². The van der Waals surface area contributed by atoms with E-state index < -0.39 is 0 Å². The summed E-state index contributed by atoms with van der Waals surface area (Å²) in [5.74, 6) is 1.83. The highest BCUT2D eigenvalue weighted by Crippen LogP contribution is 2.44. The fourth-order valence-corrected chi connectivity index (χ4v) is 10.5. The summed E-state index contributed by atoms with van der Waals surface area (Å²) in [4.78, 5) is 16.0. The van der Waals surface area contributed by atoms with Gasteiger partial charge in [0.25, 0.3) is 0 Å².